The second-order valence-corrected chi connectivity index (χ2v) is 7.17. The number of rotatable bonds is 4. The fraction of sp³-hybridized carbons (Fsp3) is 0.350. The first kappa shape index (κ1) is 16.6. The highest BCUT2D eigenvalue weighted by molar-refractivity contribution is 5.95. The maximum Gasteiger partial charge on any atom is 0.317 e. The Hall–Kier alpha value is -2.89. The van der Waals surface area contributed by atoms with Crippen molar-refractivity contribution in [1.29, 1.82) is 0 Å². The van der Waals surface area contributed by atoms with Gasteiger partial charge in [0, 0.05) is 37.2 Å². The zero-order valence-corrected chi connectivity index (χ0v) is 14.5. The number of hydrogen-bond donors (Lipinski definition) is 2. The second-order valence-electron chi connectivity index (χ2n) is 7.17. The number of likely N-dealkylation sites (tertiary alicyclic amines) is 1. The molecule has 0 unspecified atom stereocenters. The summed E-state index contributed by atoms with van der Waals surface area (Å²) in [5.74, 6) is 0.0131. The fourth-order valence-corrected chi connectivity index (χ4v) is 3.79. The molecule has 1 spiro atoms. The molecule has 1 aliphatic carbocycles. The van der Waals surface area contributed by atoms with Gasteiger partial charge in [-0.3, -0.25) is 9.78 Å². The van der Waals surface area contributed by atoms with E-state index in [1.807, 2.05) is 41.3 Å². The highest BCUT2D eigenvalue weighted by Gasteiger charge is 2.61. The lowest BCUT2D eigenvalue weighted by atomic mass is 10.0. The molecule has 1 aromatic carbocycles. The average Bonchev–Trinajstić information content (AvgIpc) is 3.21. The molecule has 1 aromatic heterocycles. The Morgan fingerprint density at radius 2 is 2.04 bits per heavy atom. The molecule has 2 N–H and O–H groups in total. The maximum atomic E-state index is 12.5. The number of nitrogens with zero attached hydrogens (tertiary/aromatic N) is 2. The van der Waals surface area contributed by atoms with E-state index in [4.69, 9.17) is 0 Å². The van der Waals surface area contributed by atoms with Gasteiger partial charge in [-0.25, -0.2) is 4.79 Å². The molecule has 2 fully saturated rings. The minimum atomic E-state index is -0.0518. The lowest BCUT2D eigenvalue weighted by Gasteiger charge is -2.17. The summed E-state index contributed by atoms with van der Waals surface area (Å²) in [6, 6.07) is 13.4. The number of urea groups is 1. The molecule has 2 aliphatic rings. The van der Waals surface area contributed by atoms with Gasteiger partial charge >= 0.3 is 6.03 Å². The van der Waals surface area contributed by atoms with Gasteiger partial charge in [0.25, 0.3) is 0 Å². The van der Waals surface area contributed by atoms with Gasteiger partial charge in [0.05, 0.1) is 11.9 Å². The quantitative estimate of drug-likeness (QED) is 0.890. The van der Waals surface area contributed by atoms with Crippen LogP contribution in [0, 0.1) is 11.3 Å². The molecule has 134 valence electrons. The normalized spacial score (nSPS) is 23.7. The minimum absolute atomic E-state index is 0.0189. The summed E-state index contributed by atoms with van der Waals surface area (Å²) in [4.78, 5) is 30.7. The van der Waals surface area contributed by atoms with Crippen molar-refractivity contribution < 1.29 is 9.59 Å². The molecule has 6 heteroatoms. The van der Waals surface area contributed by atoms with Gasteiger partial charge in [0.1, 0.15) is 0 Å². The molecule has 1 saturated heterocycles. The second kappa shape index (κ2) is 6.78. The topological polar surface area (TPSA) is 74.3 Å². The zero-order chi connectivity index (χ0) is 18.0. The number of carbonyl (C=O) groups is 2. The van der Waals surface area contributed by atoms with Crippen molar-refractivity contribution in [3.63, 3.8) is 0 Å². The van der Waals surface area contributed by atoms with Crippen LogP contribution in [0.5, 0.6) is 0 Å². The van der Waals surface area contributed by atoms with Gasteiger partial charge in [-0.15, -0.1) is 0 Å². The van der Waals surface area contributed by atoms with Crippen molar-refractivity contribution in [2.45, 2.75) is 19.4 Å². The predicted molar refractivity (Wildman–Crippen MR) is 98.3 cm³/mol. The van der Waals surface area contributed by atoms with Crippen molar-refractivity contribution in [3.05, 3.63) is 60.4 Å². The van der Waals surface area contributed by atoms with Gasteiger partial charge < -0.3 is 15.5 Å². The van der Waals surface area contributed by atoms with Crippen molar-refractivity contribution in [1.82, 2.24) is 15.2 Å². The van der Waals surface area contributed by atoms with E-state index in [-0.39, 0.29) is 23.3 Å². The molecule has 1 aliphatic heterocycles. The van der Waals surface area contributed by atoms with E-state index in [1.165, 1.54) is 0 Å². The summed E-state index contributed by atoms with van der Waals surface area (Å²) in [6.45, 7) is 1.88. The van der Waals surface area contributed by atoms with Crippen LogP contribution in [-0.2, 0) is 11.3 Å². The highest BCUT2D eigenvalue weighted by atomic mass is 16.2. The van der Waals surface area contributed by atoms with E-state index in [2.05, 4.69) is 15.6 Å². The van der Waals surface area contributed by atoms with Gasteiger partial charge in [0.2, 0.25) is 5.91 Å². The Labute approximate surface area is 152 Å². The Bertz CT molecular complexity index is 796. The standard InChI is InChI=1S/C20H22N4O2/c25-18(23-16-7-4-9-21-13-16)17-11-20(17)8-10-24(14-20)19(26)22-12-15-5-2-1-3-6-15/h1-7,9,13,17H,8,10-12,14H2,(H,22,26)(H,23,25)/t17-,20+/m0/s1. The third-order valence-corrected chi connectivity index (χ3v) is 5.39. The molecule has 2 aromatic rings. The number of hydrogen-bond acceptors (Lipinski definition) is 3. The summed E-state index contributed by atoms with van der Waals surface area (Å²) in [7, 11) is 0. The van der Waals surface area contributed by atoms with Gasteiger partial charge in [0.15, 0.2) is 0 Å². The molecule has 2 atom stereocenters. The number of pyridine rings is 1. The van der Waals surface area contributed by atoms with E-state index >= 15 is 0 Å². The predicted octanol–water partition coefficient (Wildman–Crippen LogP) is 2.64. The van der Waals surface area contributed by atoms with Crippen LogP contribution in [0.1, 0.15) is 18.4 Å². The van der Waals surface area contributed by atoms with E-state index in [0.29, 0.717) is 19.6 Å². The number of benzene rings is 1. The summed E-state index contributed by atoms with van der Waals surface area (Å²) in [6.07, 6.45) is 5.06. The number of anilines is 1. The van der Waals surface area contributed by atoms with Gasteiger partial charge in [-0.05, 0) is 30.5 Å². The first-order chi connectivity index (χ1) is 12.7. The van der Waals surface area contributed by atoms with Crippen molar-refractivity contribution >= 4 is 17.6 Å². The zero-order valence-electron chi connectivity index (χ0n) is 14.5. The number of aromatic nitrogens is 1. The van der Waals surface area contributed by atoms with Crippen molar-refractivity contribution in [2.24, 2.45) is 11.3 Å². The number of carbonyl (C=O) groups excluding carboxylic acids is 2. The SMILES string of the molecule is O=C(Nc1cccnc1)[C@@H]1C[C@@]12CCN(C(=O)NCc1ccccc1)C2. The Morgan fingerprint density at radius 3 is 2.81 bits per heavy atom. The number of nitrogens with one attached hydrogen (secondary N) is 2. The molecule has 3 amide bonds. The third-order valence-electron chi connectivity index (χ3n) is 5.39. The molecular weight excluding hydrogens is 328 g/mol. The van der Waals surface area contributed by atoms with Crippen LogP contribution in [-0.4, -0.2) is 34.9 Å². The highest BCUT2D eigenvalue weighted by Crippen LogP contribution is 2.58. The third kappa shape index (κ3) is 3.40. The largest absolute Gasteiger partial charge is 0.334 e. The van der Waals surface area contributed by atoms with Gasteiger partial charge in [-0.1, -0.05) is 30.3 Å². The smallest absolute Gasteiger partial charge is 0.317 e. The molecule has 26 heavy (non-hydrogen) atoms. The van der Waals surface area contributed by atoms with Crippen molar-refractivity contribution in [3.8, 4) is 0 Å². The molecule has 0 radical (unpaired) electrons. The molecule has 2 heterocycles. The first-order valence-electron chi connectivity index (χ1n) is 8.94. The van der Waals surface area contributed by atoms with E-state index in [9.17, 15) is 9.59 Å². The average molecular weight is 350 g/mol. The van der Waals surface area contributed by atoms with Crippen LogP contribution in [0.2, 0.25) is 0 Å². The Balaban J connectivity index is 1.28. The van der Waals surface area contributed by atoms with Crippen LogP contribution >= 0.6 is 0 Å². The summed E-state index contributed by atoms with van der Waals surface area (Å²) in [5.41, 5.74) is 1.75. The minimum Gasteiger partial charge on any atom is -0.334 e. The maximum absolute atomic E-state index is 12.5. The Morgan fingerprint density at radius 1 is 1.19 bits per heavy atom. The summed E-state index contributed by atoms with van der Waals surface area (Å²) in [5, 5.41) is 5.89. The fourth-order valence-electron chi connectivity index (χ4n) is 3.79. The van der Waals surface area contributed by atoms with Crippen LogP contribution in [0.4, 0.5) is 10.5 Å². The first-order valence-corrected chi connectivity index (χ1v) is 8.94. The van der Waals surface area contributed by atoms with E-state index < -0.39 is 0 Å². The van der Waals surface area contributed by atoms with Crippen LogP contribution < -0.4 is 10.6 Å². The summed E-state index contributed by atoms with van der Waals surface area (Å²) >= 11 is 0. The Kier molecular flexibility index (Phi) is 4.32. The van der Waals surface area contributed by atoms with E-state index in [1.54, 1.807) is 18.5 Å². The van der Waals surface area contributed by atoms with Crippen LogP contribution in [0.3, 0.4) is 0 Å². The van der Waals surface area contributed by atoms with Gasteiger partial charge in [-0.2, -0.15) is 0 Å². The number of amides is 3. The van der Waals surface area contributed by atoms with Crippen LogP contribution in [0.25, 0.3) is 0 Å². The van der Waals surface area contributed by atoms with E-state index in [0.717, 1.165) is 24.1 Å². The summed E-state index contributed by atoms with van der Waals surface area (Å²) < 4.78 is 0. The lowest BCUT2D eigenvalue weighted by molar-refractivity contribution is -0.118. The molecule has 0 bridgehead atoms. The van der Waals surface area contributed by atoms with Crippen LogP contribution in [0.15, 0.2) is 54.9 Å². The molecule has 1 saturated carbocycles. The molecule has 4 rings (SSSR count). The monoisotopic (exact) mass is 350 g/mol. The molecular formula is C20H22N4O2. The molecule has 6 nitrogen and oxygen atoms in total. The van der Waals surface area contributed by atoms with Crippen molar-refractivity contribution in [2.75, 3.05) is 18.4 Å². The lowest BCUT2D eigenvalue weighted by Crippen LogP contribution is -2.38.